The van der Waals surface area contributed by atoms with Crippen LogP contribution >= 0.6 is 11.6 Å². The van der Waals surface area contributed by atoms with Crippen LogP contribution in [-0.4, -0.2) is 26.1 Å². The molecule has 3 aromatic rings. The van der Waals surface area contributed by atoms with Gasteiger partial charge in [0.2, 0.25) is 0 Å². The molecule has 0 aliphatic carbocycles. The fourth-order valence-electron chi connectivity index (χ4n) is 2.01. The molecule has 1 N–H and O–H groups in total. The van der Waals surface area contributed by atoms with Crippen LogP contribution in [0.3, 0.4) is 0 Å². The Labute approximate surface area is 131 Å². The van der Waals surface area contributed by atoms with Gasteiger partial charge in [0.25, 0.3) is 5.91 Å². The number of amides is 1. The summed E-state index contributed by atoms with van der Waals surface area (Å²) in [6, 6.07) is 12.3. The first-order valence-corrected chi connectivity index (χ1v) is 6.92. The van der Waals surface area contributed by atoms with Crippen molar-refractivity contribution in [2.24, 2.45) is 0 Å². The predicted octanol–water partition coefficient (Wildman–Crippen LogP) is 2.88. The number of aromatic nitrogens is 4. The minimum atomic E-state index is -0.205. The number of aryl methyl sites for hydroxylation is 1. The first kappa shape index (κ1) is 14.2. The second kappa shape index (κ2) is 5.95. The van der Waals surface area contributed by atoms with Crippen LogP contribution in [-0.2, 0) is 0 Å². The van der Waals surface area contributed by atoms with Crippen LogP contribution in [0.25, 0.3) is 5.69 Å². The predicted molar refractivity (Wildman–Crippen MR) is 83.3 cm³/mol. The number of rotatable bonds is 3. The van der Waals surface area contributed by atoms with E-state index in [1.165, 1.54) is 6.33 Å². The standard InChI is InChI=1S/C15H12ClN5O/c1-10-2-7-13(8-14(10)21-9-17-19-20-21)18-15(22)11-3-5-12(16)6-4-11/h2-9H,1H3,(H,18,22). The molecule has 0 aliphatic rings. The van der Waals surface area contributed by atoms with Crippen molar-refractivity contribution in [3.8, 4) is 5.69 Å². The van der Waals surface area contributed by atoms with E-state index in [1.807, 2.05) is 25.1 Å². The van der Waals surface area contributed by atoms with E-state index in [9.17, 15) is 4.79 Å². The molecule has 3 rings (SSSR count). The van der Waals surface area contributed by atoms with Gasteiger partial charge in [-0.1, -0.05) is 17.7 Å². The Morgan fingerprint density at radius 2 is 1.95 bits per heavy atom. The molecule has 0 saturated carbocycles. The summed E-state index contributed by atoms with van der Waals surface area (Å²) >= 11 is 5.82. The van der Waals surface area contributed by atoms with Crippen molar-refractivity contribution in [2.45, 2.75) is 6.92 Å². The van der Waals surface area contributed by atoms with Gasteiger partial charge in [-0.15, -0.1) is 5.10 Å². The largest absolute Gasteiger partial charge is 0.322 e. The van der Waals surface area contributed by atoms with Gasteiger partial charge in [-0.25, -0.2) is 4.68 Å². The molecule has 110 valence electrons. The molecule has 1 aromatic heterocycles. The summed E-state index contributed by atoms with van der Waals surface area (Å²) in [5, 5.41) is 14.5. The van der Waals surface area contributed by atoms with E-state index < -0.39 is 0 Å². The molecule has 22 heavy (non-hydrogen) atoms. The lowest BCUT2D eigenvalue weighted by atomic mass is 10.1. The molecular weight excluding hydrogens is 302 g/mol. The lowest BCUT2D eigenvalue weighted by Crippen LogP contribution is -2.12. The van der Waals surface area contributed by atoms with Gasteiger partial charge in [-0.2, -0.15) is 0 Å². The molecule has 6 nitrogen and oxygen atoms in total. The normalized spacial score (nSPS) is 10.5. The first-order valence-electron chi connectivity index (χ1n) is 6.54. The van der Waals surface area contributed by atoms with Gasteiger partial charge in [-0.3, -0.25) is 4.79 Å². The summed E-state index contributed by atoms with van der Waals surface area (Å²) in [6.07, 6.45) is 1.51. The van der Waals surface area contributed by atoms with Crippen molar-refractivity contribution in [1.82, 2.24) is 20.2 Å². The summed E-state index contributed by atoms with van der Waals surface area (Å²) in [4.78, 5) is 12.2. The van der Waals surface area contributed by atoms with Gasteiger partial charge in [0.05, 0.1) is 5.69 Å². The quantitative estimate of drug-likeness (QED) is 0.807. The third-order valence-corrected chi connectivity index (χ3v) is 3.42. The number of carbonyl (C=O) groups excluding carboxylic acids is 1. The summed E-state index contributed by atoms with van der Waals surface area (Å²) in [5.74, 6) is -0.205. The number of carbonyl (C=O) groups is 1. The molecule has 2 aromatic carbocycles. The minimum Gasteiger partial charge on any atom is -0.322 e. The third kappa shape index (κ3) is 2.96. The average Bonchev–Trinajstić information content (AvgIpc) is 3.04. The molecule has 0 atom stereocenters. The van der Waals surface area contributed by atoms with Crippen LogP contribution in [0.2, 0.25) is 5.02 Å². The highest BCUT2D eigenvalue weighted by molar-refractivity contribution is 6.30. The lowest BCUT2D eigenvalue weighted by Gasteiger charge is -2.09. The van der Waals surface area contributed by atoms with Crippen LogP contribution in [0.5, 0.6) is 0 Å². The lowest BCUT2D eigenvalue weighted by molar-refractivity contribution is 0.102. The number of nitrogens with one attached hydrogen (secondary N) is 1. The monoisotopic (exact) mass is 313 g/mol. The summed E-state index contributed by atoms with van der Waals surface area (Å²) < 4.78 is 1.55. The zero-order valence-corrected chi connectivity index (χ0v) is 12.4. The average molecular weight is 314 g/mol. The zero-order chi connectivity index (χ0) is 15.5. The van der Waals surface area contributed by atoms with Crippen LogP contribution in [0.4, 0.5) is 5.69 Å². The molecule has 0 aliphatic heterocycles. The zero-order valence-electron chi connectivity index (χ0n) is 11.7. The fourth-order valence-corrected chi connectivity index (χ4v) is 2.14. The Balaban J connectivity index is 1.85. The number of hydrogen-bond donors (Lipinski definition) is 1. The van der Waals surface area contributed by atoms with Crippen molar-refractivity contribution in [1.29, 1.82) is 0 Å². The Bertz CT molecular complexity index is 799. The maximum atomic E-state index is 12.2. The second-order valence-electron chi connectivity index (χ2n) is 4.72. The van der Waals surface area contributed by atoms with Gasteiger partial charge in [0, 0.05) is 16.3 Å². The third-order valence-electron chi connectivity index (χ3n) is 3.17. The molecule has 1 amide bonds. The first-order chi connectivity index (χ1) is 10.6. The number of halogens is 1. The highest BCUT2D eigenvalue weighted by Gasteiger charge is 2.09. The number of hydrogen-bond acceptors (Lipinski definition) is 4. The van der Waals surface area contributed by atoms with E-state index in [0.717, 1.165) is 11.3 Å². The van der Waals surface area contributed by atoms with Crippen LogP contribution in [0.15, 0.2) is 48.8 Å². The van der Waals surface area contributed by atoms with E-state index in [1.54, 1.807) is 28.9 Å². The van der Waals surface area contributed by atoms with Gasteiger partial charge >= 0.3 is 0 Å². The molecule has 0 spiro atoms. The van der Waals surface area contributed by atoms with Crippen molar-refractivity contribution >= 4 is 23.2 Å². The SMILES string of the molecule is Cc1ccc(NC(=O)c2ccc(Cl)cc2)cc1-n1cnnn1. The smallest absolute Gasteiger partial charge is 0.255 e. The highest BCUT2D eigenvalue weighted by Crippen LogP contribution is 2.19. The van der Waals surface area contributed by atoms with E-state index >= 15 is 0 Å². The second-order valence-corrected chi connectivity index (χ2v) is 5.15. The maximum Gasteiger partial charge on any atom is 0.255 e. The van der Waals surface area contributed by atoms with E-state index in [2.05, 4.69) is 20.8 Å². The van der Waals surface area contributed by atoms with Crippen molar-refractivity contribution in [2.75, 3.05) is 5.32 Å². The van der Waals surface area contributed by atoms with Crippen molar-refractivity contribution in [3.05, 3.63) is 64.9 Å². The number of anilines is 1. The van der Waals surface area contributed by atoms with E-state index in [0.29, 0.717) is 16.3 Å². The van der Waals surface area contributed by atoms with Gasteiger partial charge in [0.15, 0.2) is 0 Å². The number of benzene rings is 2. The molecule has 0 fully saturated rings. The molecule has 0 saturated heterocycles. The molecule has 0 unspecified atom stereocenters. The van der Waals surface area contributed by atoms with E-state index in [4.69, 9.17) is 11.6 Å². The minimum absolute atomic E-state index is 0.205. The Kier molecular flexibility index (Phi) is 3.84. The molecule has 7 heteroatoms. The van der Waals surface area contributed by atoms with Gasteiger partial charge in [0.1, 0.15) is 6.33 Å². The highest BCUT2D eigenvalue weighted by atomic mass is 35.5. The fraction of sp³-hybridized carbons (Fsp3) is 0.0667. The van der Waals surface area contributed by atoms with Crippen LogP contribution in [0, 0.1) is 6.92 Å². The van der Waals surface area contributed by atoms with E-state index in [-0.39, 0.29) is 5.91 Å². The van der Waals surface area contributed by atoms with Crippen molar-refractivity contribution < 1.29 is 4.79 Å². The van der Waals surface area contributed by atoms with Gasteiger partial charge < -0.3 is 5.32 Å². The maximum absolute atomic E-state index is 12.2. The number of nitrogens with zero attached hydrogens (tertiary/aromatic N) is 4. The van der Waals surface area contributed by atoms with Gasteiger partial charge in [-0.05, 0) is 59.3 Å². The van der Waals surface area contributed by atoms with Crippen LogP contribution in [0.1, 0.15) is 15.9 Å². The summed E-state index contributed by atoms with van der Waals surface area (Å²) in [7, 11) is 0. The van der Waals surface area contributed by atoms with Crippen molar-refractivity contribution in [3.63, 3.8) is 0 Å². The molecular formula is C15H12ClN5O. The Hall–Kier alpha value is -2.73. The topological polar surface area (TPSA) is 72.7 Å². The van der Waals surface area contributed by atoms with Crippen LogP contribution < -0.4 is 5.32 Å². The summed E-state index contributed by atoms with van der Waals surface area (Å²) in [6.45, 7) is 1.95. The molecule has 0 bridgehead atoms. The Morgan fingerprint density at radius 3 is 2.64 bits per heavy atom. The molecule has 1 heterocycles. The Morgan fingerprint density at radius 1 is 1.18 bits per heavy atom. The number of tetrazole rings is 1. The molecule has 0 radical (unpaired) electrons. The summed E-state index contributed by atoms with van der Waals surface area (Å²) in [5.41, 5.74) is 3.00.